The Morgan fingerprint density at radius 2 is 2.54 bits per heavy atom. The van der Waals surface area contributed by atoms with Crippen LogP contribution < -0.4 is 5.73 Å². The monoisotopic (exact) mass is 178 g/mol. The molecule has 1 aliphatic rings. The number of nitrogen functional groups attached to an aromatic ring is 1. The number of nitrogens with two attached hydrogens (primary N) is 1. The normalized spacial score (nSPS) is 22.0. The van der Waals surface area contributed by atoms with Crippen LogP contribution in [0, 0.1) is 5.92 Å². The highest BCUT2D eigenvalue weighted by Crippen LogP contribution is 2.18. The highest BCUT2D eigenvalue weighted by Gasteiger charge is 2.15. The molecule has 2 N–H and O–H groups in total. The lowest BCUT2D eigenvalue weighted by Crippen LogP contribution is -2.04. The standard InChI is InChI=1S/C10H14N2O/c11-10-6-8(1-3-12-10)5-9-2-4-13-7-9/h1,3,6,9H,2,4-5,7H2,(H2,11,12). The Morgan fingerprint density at radius 1 is 1.62 bits per heavy atom. The van der Waals surface area contributed by atoms with E-state index in [0.717, 1.165) is 19.6 Å². The predicted molar refractivity (Wildman–Crippen MR) is 51.3 cm³/mol. The van der Waals surface area contributed by atoms with Crippen LogP contribution in [0.5, 0.6) is 0 Å². The summed E-state index contributed by atoms with van der Waals surface area (Å²) in [6.45, 7) is 1.80. The van der Waals surface area contributed by atoms with E-state index < -0.39 is 0 Å². The van der Waals surface area contributed by atoms with Gasteiger partial charge in [-0.2, -0.15) is 0 Å². The van der Waals surface area contributed by atoms with Crippen LogP contribution >= 0.6 is 0 Å². The van der Waals surface area contributed by atoms with Crippen LogP contribution in [0.3, 0.4) is 0 Å². The molecule has 13 heavy (non-hydrogen) atoms. The van der Waals surface area contributed by atoms with Crippen molar-refractivity contribution in [2.45, 2.75) is 12.8 Å². The first-order valence-corrected chi connectivity index (χ1v) is 4.63. The summed E-state index contributed by atoms with van der Waals surface area (Å²) < 4.78 is 5.31. The van der Waals surface area contributed by atoms with Crippen molar-refractivity contribution in [3.63, 3.8) is 0 Å². The first-order valence-electron chi connectivity index (χ1n) is 4.63. The van der Waals surface area contributed by atoms with E-state index in [4.69, 9.17) is 10.5 Å². The molecule has 2 rings (SSSR count). The van der Waals surface area contributed by atoms with Crippen LogP contribution in [0.4, 0.5) is 5.82 Å². The maximum absolute atomic E-state index is 5.59. The second-order valence-corrected chi connectivity index (χ2v) is 3.52. The maximum Gasteiger partial charge on any atom is 0.123 e. The fourth-order valence-corrected chi connectivity index (χ4v) is 1.70. The first kappa shape index (κ1) is 8.51. The van der Waals surface area contributed by atoms with Crippen molar-refractivity contribution in [3.8, 4) is 0 Å². The van der Waals surface area contributed by atoms with Gasteiger partial charge in [0.2, 0.25) is 0 Å². The third-order valence-corrected chi connectivity index (χ3v) is 2.39. The second-order valence-electron chi connectivity index (χ2n) is 3.52. The molecule has 1 unspecified atom stereocenters. The van der Waals surface area contributed by atoms with E-state index in [9.17, 15) is 0 Å². The smallest absolute Gasteiger partial charge is 0.123 e. The summed E-state index contributed by atoms with van der Waals surface area (Å²) in [7, 11) is 0. The Kier molecular flexibility index (Phi) is 2.45. The third-order valence-electron chi connectivity index (χ3n) is 2.39. The summed E-state index contributed by atoms with van der Waals surface area (Å²) in [5.41, 5.74) is 6.86. The van der Waals surface area contributed by atoms with Crippen LogP contribution in [-0.2, 0) is 11.2 Å². The van der Waals surface area contributed by atoms with E-state index in [1.165, 1.54) is 12.0 Å². The van der Waals surface area contributed by atoms with Crippen LogP contribution in [0.1, 0.15) is 12.0 Å². The van der Waals surface area contributed by atoms with Crippen molar-refractivity contribution in [1.29, 1.82) is 0 Å². The van der Waals surface area contributed by atoms with E-state index in [1.54, 1.807) is 6.20 Å². The van der Waals surface area contributed by atoms with Gasteiger partial charge in [-0.3, -0.25) is 0 Å². The SMILES string of the molecule is Nc1cc(CC2CCOC2)ccn1. The molecule has 1 atom stereocenters. The lowest BCUT2D eigenvalue weighted by Gasteiger charge is -2.06. The minimum absolute atomic E-state index is 0.608. The molecule has 0 amide bonds. The molecular formula is C10H14N2O. The van der Waals surface area contributed by atoms with Crippen LogP contribution in [0.15, 0.2) is 18.3 Å². The zero-order valence-corrected chi connectivity index (χ0v) is 7.57. The van der Waals surface area contributed by atoms with Gasteiger partial charge < -0.3 is 10.5 Å². The summed E-state index contributed by atoms with van der Waals surface area (Å²) in [5, 5.41) is 0. The van der Waals surface area contributed by atoms with Gasteiger partial charge in [-0.15, -0.1) is 0 Å². The predicted octanol–water partition coefficient (Wildman–Crippen LogP) is 1.24. The zero-order chi connectivity index (χ0) is 9.10. The molecule has 2 heterocycles. The van der Waals surface area contributed by atoms with Gasteiger partial charge in [0.1, 0.15) is 5.82 Å². The minimum atomic E-state index is 0.608. The van der Waals surface area contributed by atoms with Crippen molar-refractivity contribution >= 4 is 5.82 Å². The van der Waals surface area contributed by atoms with Gasteiger partial charge in [-0.1, -0.05) is 0 Å². The average molecular weight is 178 g/mol. The fraction of sp³-hybridized carbons (Fsp3) is 0.500. The van der Waals surface area contributed by atoms with E-state index in [1.807, 2.05) is 12.1 Å². The molecule has 1 aliphatic heterocycles. The number of nitrogens with zero attached hydrogens (tertiary/aromatic N) is 1. The molecular weight excluding hydrogens is 164 g/mol. The summed E-state index contributed by atoms with van der Waals surface area (Å²) >= 11 is 0. The van der Waals surface area contributed by atoms with Gasteiger partial charge in [0.25, 0.3) is 0 Å². The molecule has 1 aromatic heterocycles. The molecule has 0 spiro atoms. The molecule has 1 fully saturated rings. The average Bonchev–Trinajstić information content (AvgIpc) is 2.57. The largest absolute Gasteiger partial charge is 0.384 e. The Labute approximate surface area is 77.9 Å². The van der Waals surface area contributed by atoms with Crippen molar-refractivity contribution < 1.29 is 4.74 Å². The summed E-state index contributed by atoms with van der Waals surface area (Å²) in [5.74, 6) is 1.28. The minimum Gasteiger partial charge on any atom is -0.384 e. The van der Waals surface area contributed by atoms with E-state index in [2.05, 4.69) is 4.98 Å². The van der Waals surface area contributed by atoms with E-state index >= 15 is 0 Å². The quantitative estimate of drug-likeness (QED) is 0.741. The van der Waals surface area contributed by atoms with Crippen molar-refractivity contribution in [2.75, 3.05) is 18.9 Å². The van der Waals surface area contributed by atoms with Crippen LogP contribution in [-0.4, -0.2) is 18.2 Å². The third kappa shape index (κ3) is 2.18. The maximum atomic E-state index is 5.59. The van der Waals surface area contributed by atoms with Gasteiger partial charge in [0.05, 0.1) is 0 Å². The van der Waals surface area contributed by atoms with Crippen molar-refractivity contribution in [3.05, 3.63) is 23.9 Å². The zero-order valence-electron chi connectivity index (χ0n) is 7.57. The molecule has 0 aromatic carbocycles. The molecule has 0 bridgehead atoms. The highest BCUT2D eigenvalue weighted by atomic mass is 16.5. The number of aromatic nitrogens is 1. The molecule has 3 nitrogen and oxygen atoms in total. The van der Waals surface area contributed by atoms with Gasteiger partial charge in [-0.25, -0.2) is 4.98 Å². The van der Waals surface area contributed by atoms with Gasteiger partial charge in [0, 0.05) is 19.4 Å². The topological polar surface area (TPSA) is 48.1 Å². The Balaban J connectivity index is 2.00. The van der Waals surface area contributed by atoms with Gasteiger partial charge >= 0.3 is 0 Å². The Bertz CT molecular complexity index is 282. The Hall–Kier alpha value is -1.09. The second kappa shape index (κ2) is 3.75. The first-order chi connectivity index (χ1) is 6.34. The summed E-state index contributed by atoms with van der Waals surface area (Å²) in [4.78, 5) is 3.96. The lowest BCUT2D eigenvalue weighted by atomic mass is 10.00. The lowest BCUT2D eigenvalue weighted by molar-refractivity contribution is 0.186. The van der Waals surface area contributed by atoms with Gasteiger partial charge in [0.15, 0.2) is 0 Å². The number of hydrogen-bond acceptors (Lipinski definition) is 3. The Morgan fingerprint density at radius 3 is 3.23 bits per heavy atom. The number of anilines is 1. The molecule has 3 heteroatoms. The van der Waals surface area contributed by atoms with Crippen molar-refractivity contribution in [2.24, 2.45) is 5.92 Å². The van der Waals surface area contributed by atoms with E-state index in [-0.39, 0.29) is 0 Å². The number of ether oxygens (including phenoxy) is 1. The van der Waals surface area contributed by atoms with E-state index in [0.29, 0.717) is 11.7 Å². The molecule has 0 radical (unpaired) electrons. The number of rotatable bonds is 2. The molecule has 0 saturated carbocycles. The highest BCUT2D eigenvalue weighted by molar-refractivity contribution is 5.31. The fourth-order valence-electron chi connectivity index (χ4n) is 1.70. The van der Waals surface area contributed by atoms with Gasteiger partial charge in [-0.05, 0) is 36.5 Å². The molecule has 1 saturated heterocycles. The van der Waals surface area contributed by atoms with Crippen LogP contribution in [0.2, 0.25) is 0 Å². The van der Waals surface area contributed by atoms with Crippen molar-refractivity contribution in [1.82, 2.24) is 4.98 Å². The molecule has 0 aliphatic carbocycles. The number of hydrogen-bond donors (Lipinski definition) is 1. The summed E-state index contributed by atoms with van der Waals surface area (Å²) in [6.07, 6.45) is 4.00. The molecule has 1 aromatic rings. The number of pyridine rings is 1. The summed E-state index contributed by atoms with van der Waals surface area (Å²) in [6, 6.07) is 3.97. The molecule has 70 valence electrons. The van der Waals surface area contributed by atoms with Crippen LogP contribution in [0.25, 0.3) is 0 Å².